The summed E-state index contributed by atoms with van der Waals surface area (Å²) in [7, 11) is 0. The molecule has 0 saturated heterocycles. The molecule has 0 radical (unpaired) electrons. The van der Waals surface area contributed by atoms with E-state index in [0.717, 1.165) is 12.6 Å². The smallest absolute Gasteiger partial charge is 0.126 e. The molecule has 0 aromatic heterocycles. The predicted molar refractivity (Wildman–Crippen MR) is 82.4 cm³/mol. The van der Waals surface area contributed by atoms with Crippen molar-refractivity contribution in [3.05, 3.63) is 70.3 Å². The highest BCUT2D eigenvalue weighted by atomic mass is 19.1. The summed E-state index contributed by atoms with van der Waals surface area (Å²) in [6.07, 6.45) is 0.708. The highest BCUT2D eigenvalue weighted by molar-refractivity contribution is 5.31. The Morgan fingerprint density at radius 3 is 2.00 bits per heavy atom. The lowest BCUT2D eigenvalue weighted by Crippen LogP contribution is -2.23. The largest absolute Gasteiger partial charge is 0.310 e. The molecule has 21 heavy (non-hydrogen) atoms. The van der Waals surface area contributed by atoms with Gasteiger partial charge in [0.1, 0.15) is 11.6 Å². The zero-order valence-electron chi connectivity index (χ0n) is 12.7. The lowest BCUT2D eigenvalue weighted by molar-refractivity contribution is 0.529. The Hall–Kier alpha value is -1.74. The molecule has 0 fully saturated rings. The van der Waals surface area contributed by atoms with Crippen molar-refractivity contribution in [1.82, 2.24) is 5.32 Å². The Morgan fingerprint density at radius 2 is 1.48 bits per heavy atom. The van der Waals surface area contributed by atoms with Gasteiger partial charge in [0.05, 0.1) is 0 Å². The number of hydrogen-bond donors (Lipinski definition) is 1. The second kappa shape index (κ2) is 6.81. The van der Waals surface area contributed by atoms with Gasteiger partial charge in [0.25, 0.3) is 0 Å². The van der Waals surface area contributed by atoms with Crippen molar-refractivity contribution < 1.29 is 8.78 Å². The van der Waals surface area contributed by atoms with Crippen LogP contribution in [-0.4, -0.2) is 6.54 Å². The Kier molecular flexibility index (Phi) is 5.07. The van der Waals surface area contributed by atoms with Gasteiger partial charge in [0.2, 0.25) is 0 Å². The first-order valence-corrected chi connectivity index (χ1v) is 7.24. The van der Waals surface area contributed by atoms with Gasteiger partial charge in [-0.25, -0.2) is 8.78 Å². The first kappa shape index (κ1) is 15.6. The van der Waals surface area contributed by atoms with Gasteiger partial charge in [-0.1, -0.05) is 36.2 Å². The van der Waals surface area contributed by atoms with Gasteiger partial charge in [-0.2, -0.15) is 0 Å². The number of rotatable bonds is 5. The van der Waals surface area contributed by atoms with Crippen LogP contribution in [0.25, 0.3) is 0 Å². The van der Waals surface area contributed by atoms with Crippen LogP contribution in [0.5, 0.6) is 0 Å². The molecular formula is C18H21F2N. The van der Waals surface area contributed by atoms with Crippen molar-refractivity contribution in [3.8, 4) is 0 Å². The third-order valence-electron chi connectivity index (χ3n) is 3.46. The van der Waals surface area contributed by atoms with E-state index < -0.39 is 11.6 Å². The second-order valence-corrected chi connectivity index (χ2v) is 5.51. The van der Waals surface area contributed by atoms with E-state index in [9.17, 15) is 8.78 Å². The van der Waals surface area contributed by atoms with E-state index in [1.807, 2.05) is 6.92 Å². The predicted octanol–water partition coefficient (Wildman–Crippen LogP) is 4.47. The number of hydrogen-bond acceptors (Lipinski definition) is 1. The summed E-state index contributed by atoms with van der Waals surface area (Å²) in [6, 6.07) is 9.97. The molecule has 0 aliphatic carbocycles. The fraction of sp³-hybridized carbons (Fsp3) is 0.333. The van der Waals surface area contributed by atoms with Gasteiger partial charge < -0.3 is 5.32 Å². The van der Waals surface area contributed by atoms with E-state index in [1.165, 1.54) is 28.8 Å². The van der Waals surface area contributed by atoms with Crippen LogP contribution in [0.2, 0.25) is 0 Å². The fourth-order valence-corrected chi connectivity index (χ4v) is 2.75. The minimum atomic E-state index is -0.534. The summed E-state index contributed by atoms with van der Waals surface area (Å²) in [5, 5.41) is 3.31. The molecule has 2 aromatic carbocycles. The first-order chi connectivity index (χ1) is 9.97. The summed E-state index contributed by atoms with van der Waals surface area (Å²) in [4.78, 5) is 0. The van der Waals surface area contributed by atoms with Crippen molar-refractivity contribution in [2.75, 3.05) is 6.54 Å². The molecule has 112 valence electrons. The van der Waals surface area contributed by atoms with Gasteiger partial charge in [-0.05, 0) is 50.1 Å². The molecule has 0 saturated carbocycles. The summed E-state index contributed by atoms with van der Waals surface area (Å²) in [5.74, 6) is -1.07. The van der Waals surface area contributed by atoms with E-state index in [2.05, 4.69) is 37.4 Å². The Morgan fingerprint density at radius 1 is 0.905 bits per heavy atom. The molecule has 0 bridgehead atoms. The number of halogens is 2. The Balaban J connectivity index is 2.30. The summed E-state index contributed by atoms with van der Waals surface area (Å²) in [6.45, 7) is 6.85. The summed E-state index contributed by atoms with van der Waals surface area (Å²) in [5.41, 5.74) is 4.22. The average molecular weight is 289 g/mol. The molecule has 0 amide bonds. The molecule has 1 N–H and O–H groups in total. The maximum Gasteiger partial charge on any atom is 0.126 e. The summed E-state index contributed by atoms with van der Waals surface area (Å²) < 4.78 is 26.9. The van der Waals surface area contributed by atoms with Crippen LogP contribution in [-0.2, 0) is 6.42 Å². The zero-order chi connectivity index (χ0) is 15.4. The Labute approximate surface area is 125 Å². The van der Waals surface area contributed by atoms with Crippen LogP contribution >= 0.6 is 0 Å². The van der Waals surface area contributed by atoms with E-state index in [-0.39, 0.29) is 6.04 Å². The van der Waals surface area contributed by atoms with Crippen LogP contribution in [0.4, 0.5) is 8.78 Å². The van der Waals surface area contributed by atoms with Gasteiger partial charge in [0, 0.05) is 12.1 Å². The minimum absolute atomic E-state index is 0.0959. The second-order valence-electron chi connectivity index (χ2n) is 5.51. The normalized spacial score (nSPS) is 12.4. The minimum Gasteiger partial charge on any atom is -0.310 e. The lowest BCUT2D eigenvalue weighted by Gasteiger charge is -2.19. The highest BCUT2D eigenvalue weighted by Crippen LogP contribution is 2.22. The molecule has 1 nitrogen and oxygen atoms in total. The lowest BCUT2D eigenvalue weighted by atomic mass is 9.96. The molecule has 2 rings (SSSR count). The zero-order valence-corrected chi connectivity index (χ0v) is 12.7. The molecule has 0 heterocycles. The first-order valence-electron chi connectivity index (χ1n) is 7.24. The van der Waals surface area contributed by atoms with E-state index in [4.69, 9.17) is 0 Å². The summed E-state index contributed by atoms with van der Waals surface area (Å²) >= 11 is 0. The third-order valence-corrected chi connectivity index (χ3v) is 3.46. The number of benzene rings is 2. The van der Waals surface area contributed by atoms with Crippen molar-refractivity contribution in [3.63, 3.8) is 0 Å². The van der Waals surface area contributed by atoms with Crippen molar-refractivity contribution >= 4 is 0 Å². The van der Waals surface area contributed by atoms with Gasteiger partial charge in [-0.3, -0.25) is 0 Å². The molecule has 2 aromatic rings. The molecule has 0 aliphatic rings. The standard InChI is InChI=1S/C18H21F2N/c1-4-21-18(15-9-16(19)11-17(20)10-15)8-14-6-12(2)5-13(3)7-14/h5-7,9-11,18,21H,4,8H2,1-3H3. The molecular weight excluding hydrogens is 268 g/mol. The molecule has 1 atom stereocenters. The molecule has 3 heteroatoms. The van der Waals surface area contributed by atoms with Gasteiger partial charge in [-0.15, -0.1) is 0 Å². The van der Waals surface area contributed by atoms with E-state index in [0.29, 0.717) is 12.0 Å². The monoisotopic (exact) mass is 289 g/mol. The van der Waals surface area contributed by atoms with Crippen LogP contribution < -0.4 is 5.32 Å². The molecule has 1 unspecified atom stereocenters. The van der Waals surface area contributed by atoms with Crippen LogP contribution in [0, 0.1) is 25.5 Å². The van der Waals surface area contributed by atoms with Crippen LogP contribution in [0.3, 0.4) is 0 Å². The highest BCUT2D eigenvalue weighted by Gasteiger charge is 2.14. The van der Waals surface area contributed by atoms with Gasteiger partial charge in [0.15, 0.2) is 0 Å². The van der Waals surface area contributed by atoms with E-state index in [1.54, 1.807) is 0 Å². The number of aryl methyl sites for hydroxylation is 2. The SMILES string of the molecule is CCNC(Cc1cc(C)cc(C)c1)c1cc(F)cc(F)c1. The number of likely N-dealkylation sites (N-methyl/N-ethyl adjacent to an activating group) is 1. The van der Waals surface area contributed by atoms with E-state index >= 15 is 0 Å². The van der Waals surface area contributed by atoms with Crippen molar-refractivity contribution in [1.29, 1.82) is 0 Å². The van der Waals surface area contributed by atoms with Crippen molar-refractivity contribution in [2.45, 2.75) is 33.2 Å². The quantitative estimate of drug-likeness (QED) is 0.856. The molecule has 0 spiro atoms. The van der Waals surface area contributed by atoms with Crippen LogP contribution in [0.1, 0.15) is 35.2 Å². The number of nitrogens with one attached hydrogen (secondary N) is 1. The maximum absolute atomic E-state index is 13.4. The van der Waals surface area contributed by atoms with Crippen molar-refractivity contribution in [2.24, 2.45) is 0 Å². The van der Waals surface area contributed by atoms with Gasteiger partial charge >= 0.3 is 0 Å². The van der Waals surface area contributed by atoms with Crippen LogP contribution in [0.15, 0.2) is 36.4 Å². The Bertz CT molecular complexity index is 582. The molecule has 0 aliphatic heterocycles. The fourth-order valence-electron chi connectivity index (χ4n) is 2.75. The third kappa shape index (κ3) is 4.36. The average Bonchev–Trinajstić information content (AvgIpc) is 2.35. The topological polar surface area (TPSA) is 12.0 Å². The maximum atomic E-state index is 13.4.